The lowest BCUT2D eigenvalue weighted by atomic mass is 10.1. The lowest BCUT2D eigenvalue weighted by Gasteiger charge is -2.16. The molecule has 3 heterocycles. The van der Waals surface area contributed by atoms with Crippen LogP contribution in [0.5, 0.6) is 0 Å². The molecule has 0 bridgehead atoms. The molecule has 0 aliphatic carbocycles. The maximum Gasteiger partial charge on any atom is 0.471 e. The Balaban J connectivity index is 1.39. The summed E-state index contributed by atoms with van der Waals surface area (Å²) in [6.45, 7) is 1.34. The van der Waals surface area contributed by atoms with Gasteiger partial charge in [0, 0.05) is 43.5 Å². The zero-order chi connectivity index (χ0) is 19.7. The summed E-state index contributed by atoms with van der Waals surface area (Å²) in [4.78, 5) is 21.7. The number of aromatic nitrogens is 4. The molecule has 0 N–H and O–H groups in total. The molecule has 0 spiro atoms. The van der Waals surface area contributed by atoms with Crippen molar-refractivity contribution in [2.75, 3.05) is 13.1 Å². The van der Waals surface area contributed by atoms with Crippen LogP contribution < -0.4 is 0 Å². The molecule has 1 aliphatic heterocycles. The molecule has 10 heteroatoms. The van der Waals surface area contributed by atoms with Crippen LogP contribution in [0.2, 0.25) is 0 Å². The molecule has 28 heavy (non-hydrogen) atoms. The van der Waals surface area contributed by atoms with Crippen LogP contribution in [0.1, 0.15) is 40.0 Å². The fourth-order valence-corrected chi connectivity index (χ4v) is 3.20. The van der Waals surface area contributed by atoms with Crippen LogP contribution in [0.25, 0.3) is 0 Å². The number of carbonyl (C=O) groups excluding carboxylic acids is 1. The molecule has 3 aromatic rings. The van der Waals surface area contributed by atoms with Crippen LogP contribution in [0.4, 0.5) is 13.2 Å². The van der Waals surface area contributed by atoms with E-state index in [1.54, 1.807) is 29.6 Å². The van der Waals surface area contributed by atoms with E-state index in [-0.39, 0.29) is 24.2 Å². The summed E-state index contributed by atoms with van der Waals surface area (Å²) in [5, 5.41) is 3.43. The van der Waals surface area contributed by atoms with Crippen LogP contribution >= 0.6 is 0 Å². The Kier molecular flexibility index (Phi) is 4.62. The Hall–Kier alpha value is -3.17. The average Bonchev–Trinajstić information content (AvgIpc) is 3.41. The van der Waals surface area contributed by atoms with Gasteiger partial charge in [0.2, 0.25) is 0 Å². The Bertz CT molecular complexity index is 951. The van der Waals surface area contributed by atoms with E-state index >= 15 is 0 Å². The average molecular weight is 391 g/mol. The smallest absolute Gasteiger partial charge is 0.338 e. The maximum absolute atomic E-state index is 12.7. The second-order valence-corrected chi connectivity index (χ2v) is 6.62. The second-order valence-electron chi connectivity index (χ2n) is 6.62. The van der Waals surface area contributed by atoms with Crippen LogP contribution in [0, 0.1) is 0 Å². The summed E-state index contributed by atoms with van der Waals surface area (Å²) in [6, 6.07) is 7.24. The van der Waals surface area contributed by atoms with Crippen molar-refractivity contribution < 1.29 is 22.5 Å². The highest BCUT2D eigenvalue weighted by Crippen LogP contribution is 2.31. The summed E-state index contributed by atoms with van der Waals surface area (Å²) >= 11 is 0. The number of amides is 1. The third-order valence-electron chi connectivity index (χ3n) is 4.65. The molecule has 1 atom stereocenters. The first-order valence-corrected chi connectivity index (χ1v) is 8.65. The Labute approximate surface area is 157 Å². The van der Waals surface area contributed by atoms with E-state index in [9.17, 15) is 18.0 Å². The van der Waals surface area contributed by atoms with Crippen LogP contribution in [0.3, 0.4) is 0 Å². The molecule has 1 saturated heterocycles. The van der Waals surface area contributed by atoms with E-state index in [1.165, 1.54) is 0 Å². The number of likely N-dealkylation sites (tertiary alicyclic amines) is 1. The lowest BCUT2D eigenvalue weighted by Crippen LogP contribution is -2.28. The minimum absolute atomic E-state index is 0.0155. The van der Waals surface area contributed by atoms with Gasteiger partial charge in [-0.1, -0.05) is 17.3 Å². The molecular formula is C18H16F3N5O2. The van der Waals surface area contributed by atoms with Crippen molar-refractivity contribution in [1.29, 1.82) is 0 Å². The van der Waals surface area contributed by atoms with Gasteiger partial charge in [-0.2, -0.15) is 18.2 Å². The van der Waals surface area contributed by atoms with E-state index < -0.39 is 12.1 Å². The summed E-state index contributed by atoms with van der Waals surface area (Å²) < 4.78 is 44.0. The number of halogens is 3. The van der Waals surface area contributed by atoms with Crippen LogP contribution in [-0.2, 0) is 12.7 Å². The SMILES string of the molecule is O=C(c1ccc(Cn2ccnc2)cc1)N1CC[C@H](c2noc(C(F)(F)F)n2)C1. The van der Waals surface area contributed by atoms with E-state index in [2.05, 4.69) is 19.6 Å². The lowest BCUT2D eigenvalue weighted by molar-refractivity contribution is -0.159. The van der Waals surface area contributed by atoms with Crippen molar-refractivity contribution >= 4 is 5.91 Å². The first-order chi connectivity index (χ1) is 13.4. The zero-order valence-corrected chi connectivity index (χ0v) is 14.6. The van der Waals surface area contributed by atoms with E-state index in [0.29, 0.717) is 25.1 Å². The molecule has 4 rings (SSSR count). The van der Waals surface area contributed by atoms with Crippen LogP contribution in [-0.4, -0.2) is 43.6 Å². The number of hydrogen-bond acceptors (Lipinski definition) is 5. The van der Waals surface area contributed by atoms with E-state index in [4.69, 9.17) is 0 Å². The number of alkyl halides is 3. The molecule has 1 aromatic carbocycles. The maximum atomic E-state index is 12.7. The highest BCUT2D eigenvalue weighted by Gasteiger charge is 2.40. The van der Waals surface area contributed by atoms with Crippen molar-refractivity contribution in [1.82, 2.24) is 24.6 Å². The summed E-state index contributed by atoms with van der Waals surface area (Å²) in [5.41, 5.74) is 1.56. The number of carbonyl (C=O) groups is 1. The van der Waals surface area contributed by atoms with Gasteiger partial charge < -0.3 is 14.0 Å². The number of hydrogen-bond donors (Lipinski definition) is 0. The summed E-state index contributed by atoms with van der Waals surface area (Å²) in [7, 11) is 0. The monoisotopic (exact) mass is 391 g/mol. The summed E-state index contributed by atoms with van der Waals surface area (Å²) in [5.74, 6) is -1.92. The highest BCUT2D eigenvalue weighted by molar-refractivity contribution is 5.94. The third-order valence-corrected chi connectivity index (χ3v) is 4.65. The molecule has 7 nitrogen and oxygen atoms in total. The van der Waals surface area contributed by atoms with Gasteiger partial charge in [0.15, 0.2) is 5.82 Å². The molecule has 1 aliphatic rings. The molecule has 0 saturated carbocycles. The fourth-order valence-electron chi connectivity index (χ4n) is 3.20. The van der Waals surface area contributed by atoms with E-state index in [0.717, 1.165) is 5.56 Å². The van der Waals surface area contributed by atoms with Gasteiger partial charge >= 0.3 is 12.1 Å². The Morgan fingerprint density at radius 2 is 2.04 bits per heavy atom. The van der Waals surface area contributed by atoms with Gasteiger partial charge in [0.05, 0.1) is 6.33 Å². The van der Waals surface area contributed by atoms with Gasteiger partial charge in [-0.05, 0) is 24.1 Å². The van der Waals surface area contributed by atoms with Crippen LogP contribution in [0.15, 0.2) is 47.5 Å². The van der Waals surface area contributed by atoms with Gasteiger partial charge in [-0.3, -0.25) is 4.79 Å². The predicted molar refractivity (Wildman–Crippen MR) is 90.3 cm³/mol. The van der Waals surface area contributed by atoms with Crippen molar-refractivity contribution in [2.24, 2.45) is 0 Å². The number of benzene rings is 1. The zero-order valence-electron chi connectivity index (χ0n) is 14.6. The number of nitrogens with zero attached hydrogens (tertiary/aromatic N) is 5. The van der Waals surface area contributed by atoms with Gasteiger partial charge in [0.1, 0.15) is 0 Å². The molecule has 1 amide bonds. The minimum atomic E-state index is -4.67. The first-order valence-electron chi connectivity index (χ1n) is 8.65. The fraction of sp³-hybridized carbons (Fsp3) is 0.333. The van der Waals surface area contributed by atoms with Crippen molar-refractivity contribution in [3.63, 3.8) is 0 Å². The third kappa shape index (κ3) is 3.75. The van der Waals surface area contributed by atoms with Crippen molar-refractivity contribution in [2.45, 2.75) is 25.1 Å². The predicted octanol–water partition coefficient (Wildman–Crippen LogP) is 2.96. The molecule has 0 unspecified atom stereocenters. The molecule has 1 fully saturated rings. The largest absolute Gasteiger partial charge is 0.471 e. The van der Waals surface area contributed by atoms with Gasteiger partial charge in [-0.25, -0.2) is 4.98 Å². The Morgan fingerprint density at radius 1 is 1.25 bits per heavy atom. The standard InChI is InChI=1S/C18H16F3N5O2/c19-18(20,21)17-23-15(24-28-17)14-5-7-26(10-14)16(27)13-3-1-12(2-4-13)9-25-8-6-22-11-25/h1-4,6,8,11,14H,5,7,9-10H2/t14-/m0/s1. The molecular weight excluding hydrogens is 375 g/mol. The highest BCUT2D eigenvalue weighted by atomic mass is 19.4. The quantitative estimate of drug-likeness (QED) is 0.683. The normalized spacial score (nSPS) is 17.2. The molecule has 146 valence electrons. The topological polar surface area (TPSA) is 77.0 Å². The van der Waals surface area contributed by atoms with E-state index in [1.807, 2.05) is 22.9 Å². The molecule has 2 aromatic heterocycles. The number of rotatable bonds is 4. The summed E-state index contributed by atoms with van der Waals surface area (Å²) in [6.07, 6.45) is 1.08. The van der Waals surface area contributed by atoms with Crippen molar-refractivity contribution in [3.05, 3.63) is 65.8 Å². The second kappa shape index (κ2) is 7.10. The molecule has 0 radical (unpaired) electrons. The van der Waals surface area contributed by atoms with Gasteiger partial charge in [0.25, 0.3) is 5.91 Å². The van der Waals surface area contributed by atoms with Gasteiger partial charge in [-0.15, -0.1) is 0 Å². The van der Waals surface area contributed by atoms with Crippen molar-refractivity contribution in [3.8, 4) is 0 Å². The number of imidazole rings is 1. The minimum Gasteiger partial charge on any atom is -0.338 e. The Morgan fingerprint density at radius 3 is 2.68 bits per heavy atom. The first kappa shape index (κ1) is 18.2.